The summed E-state index contributed by atoms with van der Waals surface area (Å²) in [4.78, 5) is 0. The Kier molecular flexibility index (Phi) is 6.13. The molecule has 0 aliphatic carbocycles. The minimum atomic E-state index is 0.301. The molecule has 0 spiro atoms. The van der Waals surface area contributed by atoms with Crippen LogP contribution in [0.1, 0.15) is 25.3 Å². The Bertz CT molecular complexity index is 371. The fourth-order valence-electron chi connectivity index (χ4n) is 1.79. The lowest BCUT2D eigenvalue weighted by atomic mass is 10.1. The molecule has 0 heterocycles. The quantitative estimate of drug-likeness (QED) is 0.785. The monoisotopic (exact) mass is 232 g/mol. The number of rotatable bonds is 7. The van der Waals surface area contributed by atoms with E-state index in [0.29, 0.717) is 12.5 Å². The summed E-state index contributed by atoms with van der Waals surface area (Å²) in [6.45, 7) is 2.97. The number of nitriles is 1. The van der Waals surface area contributed by atoms with Crippen molar-refractivity contribution in [3.8, 4) is 11.8 Å². The summed E-state index contributed by atoms with van der Waals surface area (Å²) in [6.07, 6.45) is 2.48. The second-order valence-corrected chi connectivity index (χ2v) is 3.98. The molecular formula is C14H20N2O. The van der Waals surface area contributed by atoms with Crippen LogP contribution in [0, 0.1) is 11.3 Å². The summed E-state index contributed by atoms with van der Waals surface area (Å²) in [6, 6.07) is 10.5. The molecule has 1 N–H and O–H groups in total. The van der Waals surface area contributed by atoms with Gasteiger partial charge in [0.2, 0.25) is 0 Å². The van der Waals surface area contributed by atoms with E-state index >= 15 is 0 Å². The van der Waals surface area contributed by atoms with Gasteiger partial charge in [-0.05, 0) is 31.0 Å². The maximum absolute atomic E-state index is 8.66. The number of nitrogens with one attached hydrogen (secondary N) is 1. The minimum absolute atomic E-state index is 0.301. The van der Waals surface area contributed by atoms with Gasteiger partial charge in [-0.15, -0.1) is 0 Å². The van der Waals surface area contributed by atoms with Gasteiger partial charge in [-0.25, -0.2) is 0 Å². The van der Waals surface area contributed by atoms with Crippen molar-refractivity contribution in [3.63, 3.8) is 0 Å². The van der Waals surface area contributed by atoms with Crippen LogP contribution in [-0.2, 0) is 6.42 Å². The number of benzene rings is 1. The van der Waals surface area contributed by atoms with Crippen molar-refractivity contribution in [2.75, 3.05) is 13.7 Å². The first kappa shape index (κ1) is 13.5. The van der Waals surface area contributed by atoms with Crippen LogP contribution < -0.4 is 10.1 Å². The molecule has 3 heteroatoms. The molecule has 0 saturated heterocycles. The summed E-state index contributed by atoms with van der Waals surface area (Å²) in [7, 11) is 1.69. The highest BCUT2D eigenvalue weighted by molar-refractivity contribution is 5.33. The van der Waals surface area contributed by atoms with Crippen LogP contribution in [-0.4, -0.2) is 19.7 Å². The average Bonchev–Trinajstić information content (AvgIpc) is 2.38. The van der Waals surface area contributed by atoms with Crippen LogP contribution in [0.3, 0.4) is 0 Å². The molecule has 1 unspecified atom stereocenters. The molecule has 0 amide bonds. The van der Waals surface area contributed by atoms with Gasteiger partial charge in [0, 0.05) is 6.04 Å². The Morgan fingerprint density at radius 3 is 2.82 bits per heavy atom. The molecule has 1 aromatic rings. The maximum atomic E-state index is 8.66. The maximum Gasteiger partial charge on any atom is 0.122 e. The zero-order valence-corrected chi connectivity index (χ0v) is 10.6. The molecule has 0 aromatic heterocycles. The van der Waals surface area contributed by atoms with Crippen molar-refractivity contribution in [2.45, 2.75) is 32.2 Å². The third-order valence-corrected chi connectivity index (χ3v) is 2.85. The second kappa shape index (κ2) is 7.70. The highest BCUT2D eigenvalue weighted by Crippen LogP contribution is 2.17. The smallest absolute Gasteiger partial charge is 0.122 e. The van der Waals surface area contributed by atoms with Gasteiger partial charge in [0.25, 0.3) is 0 Å². The topological polar surface area (TPSA) is 45.0 Å². The first-order valence-electron chi connectivity index (χ1n) is 6.04. The summed E-state index contributed by atoms with van der Waals surface area (Å²) < 4.78 is 5.30. The molecular weight excluding hydrogens is 212 g/mol. The van der Waals surface area contributed by atoms with Crippen LogP contribution in [0.25, 0.3) is 0 Å². The Hall–Kier alpha value is -1.53. The summed E-state index contributed by atoms with van der Waals surface area (Å²) in [5.41, 5.74) is 1.20. The highest BCUT2D eigenvalue weighted by Gasteiger charge is 2.05. The summed E-state index contributed by atoms with van der Waals surface area (Å²) in [5.74, 6) is 0.933. The third-order valence-electron chi connectivity index (χ3n) is 2.85. The lowest BCUT2D eigenvalue weighted by Crippen LogP contribution is -2.29. The molecule has 3 nitrogen and oxygen atoms in total. The number of hydrogen-bond donors (Lipinski definition) is 1. The Labute approximate surface area is 103 Å². The van der Waals surface area contributed by atoms with Crippen LogP contribution in [0.2, 0.25) is 0 Å². The van der Waals surface area contributed by atoms with E-state index in [1.54, 1.807) is 7.11 Å². The molecule has 1 aromatic carbocycles. The zero-order valence-electron chi connectivity index (χ0n) is 10.6. The van der Waals surface area contributed by atoms with Gasteiger partial charge in [-0.1, -0.05) is 25.1 Å². The molecule has 0 aliphatic heterocycles. The normalized spacial score (nSPS) is 11.8. The van der Waals surface area contributed by atoms with Gasteiger partial charge in [-0.3, -0.25) is 0 Å². The van der Waals surface area contributed by atoms with E-state index in [0.717, 1.165) is 25.1 Å². The molecule has 0 fully saturated rings. The van der Waals surface area contributed by atoms with E-state index in [4.69, 9.17) is 10.00 Å². The molecule has 0 bridgehead atoms. The van der Waals surface area contributed by atoms with Gasteiger partial charge in [0.1, 0.15) is 5.75 Å². The Balaban J connectivity index is 2.42. The first-order chi connectivity index (χ1) is 8.31. The lowest BCUT2D eigenvalue weighted by Gasteiger charge is -2.14. The summed E-state index contributed by atoms with van der Waals surface area (Å²) in [5, 5.41) is 12.0. The predicted molar refractivity (Wildman–Crippen MR) is 69.0 cm³/mol. The Morgan fingerprint density at radius 2 is 2.18 bits per heavy atom. The number of para-hydroxylation sites is 1. The van der Waals surface area contributed by atoms with Crippen molar-refractivity contribution in [3.05, 3.63) is 29.8 Å². The van der Waals surface area contributed by atoms with Crippen molar-refractivity contribution in [1.82, 2.24) is 5.32 Å². The van der Waals surface area contributed by atoms with Crippen molar-refractivity contribution in [2.24, 2.45) is 0 Å². The highest BCUT2D eigenvalue weighted by atomic mass is 16.5. The minimum Gasteiger partial charge on any atom is -0.496 e. The largest absolute Gasteiger partial charge is 0.496 e. The predicted octanol–water partition coefficient (Wildman–Crippen LogP) is 2.52. The number of ether oxygens (including phenoxy) is 1. The molecule has 0 radical (unpaired) electrons. The van der Waals surface area contributed by atoms with Gasteiger partial charge in [-0.2, -0.15) is 5.26 Å². The SMILES string of the molecule is CCC(CC#N)NCCc1ccccc1OC. The molecule has 1 atom stereocenters. The zero-order chi connectivity index (χ0) is 12.5. The summed E-state index contributed by atoms with van der Waals surface area (Å²) >= 11 is 0. The van der Waals surface area contributed by atoms with Crippen LogP contribution >= 0.6 is 0 Å². The van der Waals surface area contributed by atoms with Gasteiger partial charge in [0.15, 0.2) is 0 Å². The third kappa shape index (κ3) is 4.46. The molecule has 1 rings (SSSR count). The van der Waals surface area contributed by atoms with Gasteiger partial charge < -0.3 is 10.1 Å². The fourth-order valence-corrected chi connectivity index (χ4v) is 1.79. The number of hydrogen-bond acceptors (Lipinski definition) is 3. The number of nitrogens with zero attached hydrogens (tertiary/aromatic N) is 1. The Morgan fingerprint density at radius 1 is 1.41 bits per heavy atom. The molecule has 0 aliphatic rings. The molecule has 92 valence electrons. The average molecular weight is 232 g/mol. The van der Waals surface area contributed by atoms with E-state index in [-0.39, 0.29) is 0 Å². The van der Waals surface area contributed by atoms with Crippen molar-refractivity contribution < 1.29 is 4.74 Å². The van der Waals surface area contributed by atoms with E-state index in [1.165, 1.54) is 5.56 Å². The van der Waals surface area contributed by atoms with Crippen molar-refractivity contribution in [1.29, 1.82) is 5.26 Å². The van der Waals surface area contributed by atoms with Crippen molar-refractivity contribution >= 4 is 0 Å². The first-order valence-corrected chi connectivity index (χ1v) is 6.04. The lowest BCUT2D eigenvalue weighted by molar-refractivity contribution is 0.408. The van der Waals surface area contributed by atoms with Gasteiger partial charge in [0.05, 0.1) is 19.6 Å². The van der Waals surface area contributed by atoms with E-state index in [2.05, 4.69) is 24.4 Å². The fraction of sp³-hybridized carbons (Fsp3) is 0.500. The van der Waals surface area contributed by atoms with Gasteiger partial charge >= 0.3 is 0 Å². The van der Waals surface area contributed by atoms with Crippen LogP contribution in [0.4, 0.5) is 0 Å². The molecule has 17 heavy (non-hydrogen) atoms. The molecule has 0 saturated carbocycles. The van der Waals surface area contributed by atoms with Crippen LogP contribution in [0.15, 0.2) is 24.3 Å². The van der Waals surface area contributed by atoms with E-state index in [1.807, 2.05) is 18.2 Å². The standard InChI is InChI=1S/C14H20N2O/c1-3-13(8-10-15)16-11-9-12-6-4-5-7-14(12)17-2/h4-7,13,16H,3,8-9,11H2,1-2H3. The number of methoxy groups -OCH3 is 1. The van der Waals surface area contributed by atoms with Crippen LogP contribution in [0.5, 0.6) is 5.75 Å². The van der Waals surface area contributed by atoms with E-state index in [9.17, 15) is 0 Å². The van der Waals surface area contributed by atoms with E-state index < -0.39 is 0 Å². The second-order valence-electron chi connectivity index (χ2n) is 3.98.